The molecule has 5 heteroatoms. The Morgan fingerprint density at radius 2 is 1.95 bits per heavy atom. The molecule has 1 heterocycles. The van der Waals surface area contributed by atoms with Crippen molar-refractivity contribution < 1.29 is 14.0 Å². The lowest BCUT2D eigenvalue weighted by atomic mass is 10.0. The Kier molecular flexibility index (Phi) is 4.84. The minimum absolute atomic E-state index is 0.0127. The summed E-state index contributed by atoms with van der Waals surface area (Å²) in [4.78, 5) is 25.7. The number of ketones is 1. The Bertz CT molecular complexity index is 511. The molecule has 1 amide bonds. The minimum Gasteiger partial charge on any atom is -0.340 e. The molecule has 0 radical (unpaired) electrons. The van der Waals surface area contributed by atoms with Crippen molar-refractivity contribution >= 4 is 11.7 Å². The van der Waals surface area contributed by atoms with Gasteiger partial charge in [-0.2, -0.15) is 0 Å². The minimum atomic E-state index is -0.321. The van der Waals surface area contributed by atoms with E-state index in [0.29, 0.717) is 24.2 Å². The summed E-state index contributed by atoms with van der Waals surface area (Å²) in [6.45, 7) is 4.62. The summed E-state index contributed by atoms with van der Waals surface area (Å²) < 4.78 is 13.1. The van der Waals surface area contributed by atoms with Crippen LogP contribution in [0.25, 0.3) is 0 Å². The maximum absolute atomic E-state index is 13.1. The quantitative estimate of drug-likeness (QED) is 0.850. The zero-order valence-corrected chi connectivity index (χ0v) is 11.6. The fourth-order valence-electron chi connectivity index (χ4n) is 2.26. The van der Waals surface area contributed by atoms with E-state index in [2.05, 4.69) is 5.32 Å². The highest BCUT2D eigenvalue weighted by molar-refractivity contribution is 5.98. The van der Waals surface area contributed by atoms with E-state index in [1.807, 2.05) is 0 Å². The van der Waals surface area contributed by atoms with Gasteiger partial charge in [0.25, 0.3) is 0 Å². The van der Waals surface area contributed by atoms with Crippen molar-refractivity contribution in [2.24, 2.45) is 0 Å². The van der Waals surface area contributed by atoms with Crippen LogP contribution in [0.5, 0.6) is 0 Å². The number of piperazine rings is 1. The second kappa shape index (κ2) is 6.61. The van der Waals surface area contributed by atoms with Crippen molar-refractivity contribution in [3.63, 3.8) is 0 Å². The number of benzene rings is 1. The summed E-state index contributed by atoms with van der Waals surface area (Å²) in [5.41, 5.74) is 0.918. The summed E-state index contributed by atoms with van der Waals surface area (Å²) in [6.07, 6.45) is 0.392. The number of carbonyl (C=O) groups excluding carboxylic acids is 2. The molecule has 0 bridgehead atoms. The fraction of sp³-hybridized carbons (Fsp3) is 0.467. The molecule has 1 aromatic carbocycles. The highest BCUT2D eigenvalue weighted by Gasteiger charge is 2.17. The highest BCUT2D eigenvalue weighted by Crippen LogP contribution is 2.12. The number of carbonyl (C=O) groups is 2. The summed E-state index contributed by atoms with van der Waals surface area (Å²) in [6, 6.07) is 4.30. The molecule has 4 nitrogen and oxygen atoms in total. The Hall–Kier alpha value is -1.75. The number of nitrogens with one attached hydrogen (secondary N) is 1. The van der Waals surface area contributed by atoms with Crippen LogP contribution in [0.4, 0.5) is 4.39 Å². The van der Waals surface area contributed by atoms with E-state index in [1.165, 1.54) is 18.2 Å². The van der Waals surface area contributed by atoms with Gasteiger partial charge in [0, 0.05) is 44.6 Å². The number of Topliss-reactive ketones (excluding diaryl/α,β-unsaturated/α-hetero) is 1. The van der Waals surface area contributed by atoms with Gasteiger partial charge in [0.2, 0.25) is 5.91 Å². The number of hydrogen-bond acceptors (Lipinski definition) is 3. The van der Waals surface area contributed by atoms with Crippen molar-refractivity contribution in [1.82, 2.24) is 10.2 Å². The van der Waals surface area contributed by atoms with Crippen LogP contribution in [0.3, 0.4) is 0 Å². The molecule has 1 saturated heterocycles. The maximum Gasteiger partial charge on any atom is 0.223 e. The maximum atomic E-state index is 13.1. The SMILES string of the molecule is Cc1cc(C(=O)CCC(=O)N2CCNCC2)ccc1F. The number of aryl methyl sites for hydroxylation is 1. The third kappa shape index (κ3) is 3.63. The van der Waals surface area contributed by atoms with Crippen LogP contribution in [0.2, 0.25) is 0 Å². The molecule has 2 rings (SSSR count). The van der Waals surface area contributed by atoms with Gasteiger partial charge in [-0.1, -0.05) is 0 Å². The van der Waals surface area contributed by atoms with Gasteiger partial charge in [-0.05, 0) is 30.7 Å². The van der Waals surface area contributed by atoms with E-state index in [9.17, 15) is 14.0 Å². The van der Waals surface area contributed by atoms with Crippen LogP contribution in [-0.4, -0.2) is 42.8 Å². The lowest BCUT2D eigenvalue weighted by molar-refractivity contribution is -0.131. The summed E-state index contributed by atoms with van der Waals surface area (Å²) in [5, 5.41) is 3.18. The monoisotopic (exact) mass is 278 g/mol. The molecule has 0 aliphatic carbocycles. The molecule has 108 valence electrons. The molecular weight excluding hydrogens is 259 g/mol. The zero-order valence-electron chi connectivity index (χ0n) is 11.6. The Morgan fingerprint density at radius 3 is 2.60 bits per heavy atom. The molecule has 0 aromatic heterocycles. The van der Waals surface area contributed by atoms with E-state index >= 15 is 0 Å². The average molecular weight is 278 g/mol. The summed E-state index contributed by atoms with van der Waals surface area (Å²) in [7, 11) is 0. The smallest absolute Gasteiger partial charge is 0.223 e. The van der Waals surface area contributed by atoms with Gasteiger partial charge < -0.3 is 10.2 Å². The van der Waals surface area contributed by atoms with Crippen LogP contribution in [0.1, 0.15) is 28.8 Å². The Labute approximate surface area is 118 Å². The molecule has 1 aliphatic heterocycles. The number of halogens is 1. The Balaban J connectivity index is 1.88. The van der Waals surface area contributed by atoms with Crippen molar-refractivity contribution in [2.45, 2.75) is 19.8 Å². The van der Waals surface area contributed by atoms with Crippen molar-refractivity contribution in [3.05, 3.63) is 35.1 Å². The van der Waals surface area contributed by atoms with Gasteiger partial charge in [0.05, 0.1) is 0 Å². The lowest BCUT2D eigenvalue weighted by Gasteiger charge is -2.27. The third-order valence-electron chi connectivity index (χ3n) is 3.52. The zero-order chi connectivity index (χ0) is 14.5. The van der Waals surface area contributed by atoms with Crippen LogP contribution >= 0.6 is 0 Å². The van der Waals surface area contributed by atoms with Crippen molar-refractivity contribution in [2.75, 3.05) is 26.2 Å². The first-order valence-corrected chi connectivity index (χ1v) is 6.86. The van der Waals surface area contributed by atoms with E-state index in [0.717, 1.165) is 13.1 Å². The van der Waals surface area contributed by atoms with E-state index in [4.69, 9.17) is 0 Å². The van der Waals surface area contributed by atoms with Gasteiger partial charge in [-0.25, -0.2) is 4.39 Å². The number of hydrogen-bond donors (Lipinski definition) is 1. The fourth-order valence-corrected chi connectivity index (χ4v) is 2.26. The largest absolute Gasteiger partial charge is 0.340 e. The van der Waals surface area contributed by atoms with Crippen LogP contribution in [0.15, 0.2) is 18.2 Å². The van der Waals surface area contributed by atoms with E-state index in [1.54, 1.807) is 11.8 Å². The number of amides is 1. The standard InChI is InChI=1S/C15H19FN2O2/c1-11-10-12(2-3-13(11)16)14(19)4-5-15(20)18-8-6-17-7-9-18/h2-3,10,17H,4-9H2,1H3. The molecule has 0 saturated carbocycles. The van der Waals surface area contributed by atoms with Crippen molar-refractivity contribution in [3.8, 4) is 0 Å². The van der Waals surface area contributed by atoms with Gasteiger partial charge in [0.15, 0.2) is 5.78 Å². The number of nitrogens with zero attached hydrogens (tertiary/aromatic N) is 1. The first-order chi connectivity index (χ1) is 9.58. The van der Waals surface area contributed by atoms with Gasteiger partial charge in [0.1, 0.15) is 5.82 Å². The first-order valence-electron chi connectivity index (χ1n) is 6.86. The molecule has 1 fully saturated rings. The van der Waals surface area contributed by atoms with Crippen molar-refractivity contribution in [1.29, 1.82) is 0 Å². The van der Waals surface area contributed by atoms with Crippen LogP contribution < -0.4 is 5.32 Å². The van der Waals surface area contributed by atoms with Gasteiger partial charge in [-0.3, -0.25) is 9.59 Å². The summed E-state index contributed by atoms with van der Waals surface area (Å²) >= 11 is 0. The molecular formula is C15H19FN2O2. The number of rotatable bonds is 4. The Morgan fingerprint density at radius 1 is 1.25 bits per heavy atom. The van der Waals surface area contributed by atoms with E-state index in [-0.39, 0.29) is 30.3 Å². The molecule has 0 unspecified atom stereocenters. The molecule has 20 heavy (non-hydrogen) atoms. The molecule has 0 atom stereocenters. The van der Waals surface area contributed by atoms with Crippen LogP contribution in [-0.2, 0) is 4.79 Å². The summed E-state index contributed by atoms with van der Waals surface area (Å²) in [5.74, 6) is -0.422. The van der Waals surface area contributed by atoms with E-state index < -0.39 is 0 Å². The molecule has 0 spiro atoms. The first kappa shape index (κ1) is 14.7. The second-order valence-electron chi connectivity index (χ2n) is 5.02. The second-order valence-corrected chi connectivity index (χ2v) is 5.02. The molecule has 1 N–H and O–H groups in total. The lowest BCUT2D eigenvalue weighted by Crippen LogP contribution is -2.46. The third-order valence-corrected chi connectivity index (χ3v) is 3.52. The highest BCUT2D eigenvalue weighted by atomic mass is 19.1. The van der Waals surface area contributed by atoms with Gasteiger partial charge in [-0.15, -0.1) is 0 Å². The van der Waals surface area contributed by atoms with Crippen LogP contribution in [0, 0.1) is 12.7 Å². The molecule has 1 aliphatic rings. The molecule has 1 aromatic rings. The topological polar surface area (TPSA) is 49.4 Å². The predicted molar refractivity (Wildman–Crippen MR) is 74.2 cm³/mol. The average Bonchev–Trinajstić information content (AvgIpc) is 2.48. The predicted octanol–water partition coefficient (Wildman–Crippen LogP) is 1.53. The van der Waals surface area contributed by atoms with Gasteiger partial charge >= 0.3 is 0 Å². The normalized spacial score (nSPS) is 15.2.